The molecule has 0 saturated carbocycles. The molecule has 0 atom stereocenters. The fraction of sp³-hybridized carbons (Fsp3) is 0.529. The van der Waals surface area contributed by atoms with Gasteiger partial charge in [-0.3, -0.25) is 4.79 Å². The Morgan fingerprint density at radius 1 is 0.950 bits per heavy atom. The van der Waals surface area contributed by atoms with Gasteiger partial charge in [0.05, 0.1) is 12.2 Å². The Morgan fingerprint density at radius 3 is 2.35 bits per heavy atom. The van der Waals surface area contributed by atoms with Crippen molar-refractivity contribution in [2.45, 2.75) is 51.9 Å². The summed E-state index contributed by atoms with van der Waals surface area (Å²) in [5, 5.41) is 0. The predicted octanol–water partition coefficient (Wildman–Crippen LogP) is 4.16. The van der Waals surface area contributed by atoms with E-state index in [4.69, 9.17) is 4.74 Å². The van der Waals surface area contributed by atoms with Crippen molar-refractivity contribution < 1.29 is 14.3 Å². The van der Waals surface area contributed by atoms with Crippen LogP contribution in [0, 0.1) is 0 Å². The number of Topliss-reactive ketones (excluding diaryl/α,β-unsaturated/α-hetero) is 1. The molecule has 1 aromatic rings. The van der Waals surface area contributed by atoms with Gasteiger partial charge in [-0.1, -0.05) is 50.8 Å². The number of carbonyl (C=O) groups is 2. The van der Waals surface area contributed by atoms with Crippen molar-refractivity contribution in [3.8, 4) is 0 Å². The molecule has 0 N–H and O–H groups in total. The van der Waals surface area contributed by atoms with Crippen molar-refractivity contribution in [1.29, 1.82) is 0 Å². The third kappa shape index (κ3) is 7.07. The number of rotatable bonds is 10. The largest absolute Gasteiger partial charge is 0.462 e. The van der Waals surface area contributed by atoms with Crippen molar-refractivity contribution in [3.63, 3.8) is 0 Å². The summed E-state index contributed by atoms with van der Waals surface area (Å²) in [5.41, 5.74) is 0.527. The molecular formula is C17H24O3. The van der Waals surface area contributed by atoms with Crippen LogP contribution in [0.25, 0.3) is 0 Å². The van der Waals surface area contributed by atoms with E-state index in [1.165, 1.54) is 19.3 Å². The van der Waals surface area contributed by atoms with Gasteiger partial charge in [-0.15, -0.1) is 0 Å². The number of ether oxygens (including phenoxy) is 1. The lowest BCUT2D eigenvalue weighted by molar-refractivity contribution is -0.119. The van der Waals surface area contributed by atoms with Crippen LogP contribution < -0.4 is 0 Å². The molecule has 0 aliphatic rings. The first-order valence-electron chi connectivity index (χ1n) is 7.48. The molecule has 110 valence electrons. The zero-order chi connectivity index (χ0) is 14.6. The van der Waals surface area contributed by atoms with E-state index in [1.807, 2.05) is 6.07 Å². The molecule has 1 rings (SSSR count). The molecule has 0 amide bonds. The minimum absolute atomic E-state index is 0.182. The number of ketones is 1. The molecule has 0 unspecified atom stereocenters. The Labute approximate surface area is 121 Å². The van der Waals surface area contributed by atoms with E-state index in [9.17, 15) is 9.59 Å². The van der Waals surface area contributed by atoms with Crippen molar-refractivity contribution in [3.05, 3.63) is 35.9 Å². The highest BCUT2D eigenvalue weighted by Gasteiger charge is 2.07. The van der Waals surface area contributed by atoms with E-state index in [0.29, 0.717) is 18.4 Å². The molecule has 0 saturated heterocycles. The summed E-state index contributed by atoms with van der Waals surface area (Å²) >= 11 is 0. The monoisotopic (exact) mass is 276 g/mol. The lowest BCUT2D eigenvalue weighted by Gasteiger charge is -2.04. The molecule has 0 spiro atoms. The van der Waals surface area contributed by atoms with E-state index in [0.717, 1.165) is 12.8 Å². The van der Waals surface area contributed by atoms with Crippen LogP contribution in [0.4, 0.5) is 0 Å². The molecule has 0 aliphatic carbocycles. The van der Waals surface area contributed by atoms with Crippen LogP contribution in [0.2, 0.25) is 0 Å². The third-order valence-corrected chi connectivity index (χ3v) is 3.18. The zero-order valence-corrected chi connectivity index (χ0v) is 12.3. The van der Waals surface area contributed by atoms with Gasteiger partial charge in [-0.25, -0.2) is 4.79 Å². The van der Waals surface area contributed by atoms with Crippen LogP contribution in [0.3, 0.4) is 0 Å². The van der Waals surface area contributed by atoms with Gasteiger partial charge >= 0.3 is 5.97 Å². The van der Waals surface area contributed by atoms with Gasteiger partial charge in [0.2, 0.25) is 0 Å². The average Bonchev–Trinajstić information content (AvgIpc) is 2.48. The Hall–Kier alpha value is -1.64. The molecular weight excluding hydrogens is 252 g/mol. The fourth-order valence-electron chi connectivity index (χ4n) is 1.97. The summed E-state index contributed by atoms with van der Waals surface area (Å²) in [6.07, 6.45) is 6.65. The third-order valence-electron chi connectivity index (χ3n) is 3.18. The Bertz CT molecular complexity index is 398. The average molecular weight is 276 g/mol. The maximum atomic E-state index is 11.6. The second-order valence-corrected chi connectivity index (χ2v) is 4.95. The maximum Gasteiger partial charge on any atom is 0.338 e. The van der Waals surface area contributed by atoms with E-state index >= 15 is 0 Å². The highest BCUT2D eigenvalue weighted by Crippen LogP contribution is 2.07. The molecule has 0 radical (unpaired) electrons. The highest BCUT2D eigenvalue weighted by atomic mass is 16.5. The van der Waals surface area contributed by atoms with Crippen molar-refractivity contribution in [2.24, 2.45) is 0 Å². The summed E-state index contributed by atoms with van der Waals surface area (Å²) < 4.78 is 5.08. The minimum atomic E-state index is -0.360. The van der Waals surface area contributed by atoms with Gasteiger partial charge in [-0.05, 0) is 18.6 Å². The van der Waals surface area contributed by atoms with E-state index in [2.05, 4.69) is 6.92 Å². The summed E-state index contributed by atoms with van der Waals surface area (Å²) in [6.45, 7) is 2.35. The summed E-state index contributed by atoms with van der Waals surface area (Å²) in [6, 6.07) is 8.84. The van der Waals surface area contributed by atoms with Crippen LogP contribution in [-0.2, 0) is 9.53 Å². The van der Waals surface area contributed by atoms with Crippen molar-refractivity contribution >= 4 is 11.8 Å². The van der Waals surface area contributed by atoms with Gasteiger partial charge in [0, 0.05) is 12.8 Å². The van der Waals surface area contributed by atoms with Gasteiger partial charge in [-0.2, -0.15) is 0 Å². The quantitative estimate of drug-likeness (QED) is 0.476. The topological polar surface area (TPSA) is 43.4 Å². The van der Waals surface area contributed by atoms with Crippen molar-refractivity contribution in [1.82, 2.24) is 0 Å². The standard InChI is InChI=1S/C17H24O3/c1-2-3-4-5-9-12-16(18)13-14-20-17(19)15-10-7-6-8-11-15/h6-8,10-11H,2-5,9,12-14H2,1H3. The van der Waals surface area contributed by atoms with Gasteiger partial charge in [0.25, 0.3) is 0 Å². The van der Waals surface area contributed by atoms with Gasteiger partial charge < -0.3 is 4.74 Å². The second-order valence-electron chi connectivity index (χ2n) is 4.95. The van der Waals surface area contributed by atoms with Crippen LogP contribution in [0.5, 0.6) is 0 Å². The fourth-order valence-corrected chi connectivity index (χ4v) is 1.97. The molecule has 3 heteroatoms. The molecule has 0 fully saturated rings. The number of carbonyl (C=O) groups excluding carboxylic acids is 2. The van der Waals surface area contributed by atoms with E-state index in [-0.39, 0.29) is 18.4 Å². The molecule has 0 aliphatic heterocycles. The Kier molecular flexibility index (Phi) is 8.36. The minimum Gasteiger partial charge on any atom is -0.462 e. The van der Waals surface area contributed by atoms with E-state index in [1.54, 1.807) is 24.3 Å². The van der Waals surface area contributed by atoms with Crippen LogP contribution >= 0.6 is 0 Å². The Morgan fingerprint density at radius 2 is 1.65 bits per heavy atom. The summed E-state index contributed by atoms with van der Waals surface area (Å²) in [5.74, 6) is -0.177. The van der Waals surface area contributed by atoms with Crippen molar-refractivity contribution in [2.75, 3.05) is 6.61 Å². The van der Waals surface area contributed by atoms with Crippen LogP contribution in [0.15, 0.2) is 30.3 Å². The SMILES string of the molecule is CCCCCCCC(=O)CCOC(=O)c1ccccc1. The number of hydrogen-bond acceptors (Lipinski definition) is 3. The first-order valence-corrected chi connectivity index (χ1v) is 7.48. The summed E-state index contributed by atoms with van der Waals surface area (Å²) in [4.78, 5) is 23.2. The molecule has 0 aromatic heterocycles. The molecule has 0 heterocycles. The highest BCUT2D eigenvalue weighted by molar-refractivity contribution is 5.89. The number of esters is 1. The molecule has 20 heavy (non-hydrogen) atoms. The zero-order valence-electron chi connectivity index (χ0n) is 12.3. The lowest BCUT2D eigenvalue weighted by atomic mass is 10.1. The predicted molar refractivity (Wildman–Crippen MR) is 79.7 cm³/mol. The van der Waals surface area contributed by atoms with Gasteiger partial charge in [0.15, 0.2) is 0 Å². The number of unbranched alkanes of at least 4 members (excludes halogenated alkanes) is 4. The first-order chi connectivity index (χ1) is 9.74. The number of benzene rings is 1. The van der Waals surface area contributed by atoms with Gasteiger partial charge in [0.1, 0.15) is 5.78 Å². The Balaban J connectivity index is 2.08. The summed E-state index contributed by atoms with van der Waals surface area (Å²) in [7, 11) is 0. The van der Waals surface area contributed by atoms with Crippen LogP contribution in [-0.4, -0.2) is 18.4 Å². The molecule has 1 aromatic carbocycles. The maximum absolute atomic E-state index is 11.6. The smallest absolute Gasteiger partial charge is 0.338 e. The van der Waals surface area contributed by atoms with Crippen LogP contribution in [0.1, 0.15) is 62.2 Å². The lowest BCUT2D eigenvalue weighted by Crippen LogP contribution is -2.10. The first kappa shape index (κ1) is 16.4. The molecule has 0 bridgehead atoms. The number of hydrogen-bond donors (Lipinski definition) is 0. The second kappa shape index (κ2) is 10.2. The van der Waals surface area contributed by atoms with E-state index < -0.39 is 0 Å². The normalized spacial score (nSPS) is 10.2. The molecule has 3 nitrogen and oxygen atoms in total.